The van der Waals surface area contributed by atoms with Gasteiger partial charge in [0, 0.05) is 12.2 Å². The van der Waals surface area contributed by atoms with Gasteiger partial charge in [0.25, 0.3) is 0 Å². The van der Waals surface area contributed by atoms with Crippen LogP contribution in [0, 0.1) is 17.0 Å². The lowest BCUT2D eigenvalue weighted by Gasteiger charge is -2.27. The smallest absolute Gasteiger partial charge is 0.129 e. The Bertz CT molecular complexity index is 332. The lowest BCUT2D eigenvalue weighted by atomic mass is 9.80. The molecule has 0 aliphatic rings. The molecule has 1 aromatic rings. The summed E-state index contributed by atoms with van der Waals surface area (Å²) in [6.45, 7) is 3.78. The minimum atomic E-state index is -0.532. The third-order valence-corrected chi connectivity index (χ3v) is 2.90. The van der Waals surface area contributed by atoms with E-state index in [1.807, 2.05) is 13.8 Å². The molecule has 1 aromatic carbocycles. The van der Waals surface area contributed by atoms with Gasteiger partial charge < -0.3 is 5.11 Å². The third-order valence-electron chi connectivity index (χ3n) is 2.90. The van der Waals surface area contributed by atoms with Gasteiger partial charge in [-0.15, -0.1) is 0 Å². The second-order valence-corrected chi connectivity index (χ2v) is 4.60. The monoisotopic (exact) mass is 228 g/mol. The molecular weight excluding hydrogens is 210 g/mol. The molecule has 0 heterocycles. The van der Waals surface area contributed by atoms with E-state index in [0.29, 0.717) is 0 Å². The van der Waals surface area contributed by atoms with Crippen LogP contribution in [0.3, 0.4) is 0 Å². The first-order valence-electron chi connectivity index (χ1n) is 5.56. The Morgan fingerprint density at radius 3 is 2.25 bits per heavy atom. The fourth-order valence-corrected chi connectivity index (χ4v) is 1.95. The summed E-state index contributed by atoms with van der Waals surface area (Å²) in [7, 11) is 0. The van der Waals surface area contributed by atoms with Crippen LogP contribution in [0.15, 0.2) is 18.2 Å². The van der Waals surface area contributed by atoms with Gasteiger partial charge in [-0.3, -0.25) is 0 Å². The van der Waals surface area contributed by atoms with Crippen molar-refractivity contribution >= 4 is 0 Å². The van der Waals surface area contributed by atoms with Gasteiger partial charge >= 0.3 is 0 Å². The molecule has 0 amide bonds. The maximum atomic E-state index is 13.4. The number of halogens is 2. The topological polar surface area (TPSA) is 20.2 Å². The number of hydrogen-bond donors (Lipinski definition) is 1. The van der Waals surface area contributed by atoms with Gasteiger partial charge in [-0.2, -0.15) is 0 Å². The van der Waals surface area contributed by atoms with E-state index < -0.39 is 17.0 Å². The average Bonchev–Trinajstić information content (AvgIpc) is 2.24. The van der Waals surface area contributed by atoms with Gasteiger partial charge in [0.05, 0.1) is 0 Å². The van der Waals surface area contributed by atoms with E-state index in [4.69, 9.17) is 0 Å². The highest BCUT2D eigenvalue weighted by atomic mass is 19.1. The first kappa shape index (κ1) is 13.1. The van der Waals surface area contributed by atoms with Gasteiger partial charge in [0.15, 0.2) is 0 Å². The first-order chi connectivity index (χ1) is 7.52. The standard InChI is InChI=1S/C13H18F2O/c1-3-7-13(2,9-16)8-10-11(14)5-4-6-12(10)15/h4-6,16H,3,7-9H2,1-2H3. The fourth-order valence-electron chi connectivity index (χ4n) is 1.95. The molecule has 0 saturated heterocycles. The number of hydrogen-bond acceptors (Lipinski definition) is 1. The minimum absolute atomic E-state index is 0.0609. The minimum Gasteiger partial charge on any atom is -0.396 e. The van der Waals surface area contributed by atoms with Crippen LogP contribution < -0.4 is 0 Å². The van der Waals surface area contributed by atoms with Crippen LogP contribution in [0.2, 0.25) is 0 Å². The van der Waals surface area contributed by atoms with E-state index >= 15 is 0 Å². The highest BCUT2D eigenvalue weighted by Gasteiger charge is 2.25. The van der Waals surface area contributed by atoms with Crippen LogP contribution in [0.1, 0.15) is 32.3 Å². The molecule has 0 radical (unpaired) electrons. The van der Waals surface area contributed by atoms with E-state index in [1.165, 1.54) is 18.2 Å². The predicted octanol–water partition coefficient (Wildman–Crippen LogP) is 3.31. The Morgan fingerprint density at radius 2 is 1.81 bits per heavy atom. The zero-order chi connectivity index (χ0) is 12.2. The number of aliphatic hydroxyl groups excluding tert-OH is 1. The van der Waals surface area contributed by atoms with Gasteiger partial charge in [-0.05, 0) is 30.4 Å². The molecule has 0 fully saturated rings. The first-order valence-corrected chi connectivity index (χ1v) is 5.56. The van der Waals surface area contributed by atoms with Crippen molar-refractivity contribution in [1.29, 1.82) is 0 Å². The van der Waals surface area contributed by atoms with Gasteiger partial charge in [0.1, 0.15) is 11.6 Å². The van der Waals surface area contributed by atoms with Crippen molar-refractivity contribution in [1.82, 2.24) is 0 Å². The molecule has 0 aliphatic carbocycles. The quantitative estimate of drug-likeness (QED) is 0.819. The Labute approximate surface area is 95.1 Å². The molecule has 1 rings (SSSR count). The number of benzene rings is 1. The maximum Gasteiger partial charge on any atom is 0.129 e. The van der Waals surface area contributed by atoms with Crippen LogP contribution in [0.5, 0.6) is 0 Å². The van der Waals surface area contributed by atoms with Crippen LogP contribution >= 0.6 is 0 Å². The van der Waals surface area contributed by atoms with E-state index in [2.05, 4.69) is 0 Å². The Kier molecular flexibility index (Phi) is 4.42. The van der Waals surface area contributed by atoms with Crippen molar-refractivity contribution in [2.45, 2.75) is 33.1 Å². The summed E-state index contributed by atoms with van der Waals surface area (Å²) < 4.78 is 26.9. The molecule has 0 bridgehead atoms. The molecule has 16 heavy (non-hydrogen) atoms. The maximum absolute atomic E-state index is 13.4. The normalized spacial score (nSPS) is 14.8. The third kappa shape index (κ3) is 3.01. The lowest BCUT2D eigenvalue weighted by Crippen LogP contribution is -2.25. The Morgan fingerprint density at radius 1 is 1.25 bits per heavy atom. The van der Waals surface area contributed by atoms with Gasteiger partial charge in [-0.25, -0.2) is 8.78 Å². The highest BCUT2D eigenvalue weighted by molar-refractivity contribution is 5.21. The van der Waals surface area contributed by atoms with Crippen molar-refractivity contribution in [2.75, 3.05) is 6.61 Å². The van der Waals surface area contributed by atoms with Crippen LogP contribution in [-0.2, 0) is 6.42 Å². The van der Waals surface area contributed by atoms with E-state index in [-0.39, 0.29) is 18.6 Å². The Hall–Kier alpha value is -0.960. The van der Waals surface area contributed by atoms with Crippen molar-refractivity contribution in [3.8, 4) is 0 Å². The molecule has 90 valence electrons. The molecule has 1 unspecified atom stereocenters. The van der Waals surface area contributed by atoms with Crippen molar-refractivity contribution in [3.63, 3.8) is 0 Å². The molecular formula is C13H18F2O. The zero-order valence-corrected chi connectivity index (χ0v) is 9.76. The highest BCUT2D eigenvalue weighted by Crippen LogP contribution is 2.29. The zero-order valence-electron chi connectivity index (χ0n) is 9.76. The largest absolute Gasteiger partial charge is 0.396 e. The van der Waals surface area contributed by atoms with Crippen LogP contribution in [0.4, 0.5) is 8.78 Å². The summed E-state index contributed by atoms with van der Waals surface area (Å²) >= 11 is 0. The molecule has 1 nitrogen and oxygen atoms in total. The average molecular weight is 228 g/mol. The van der Waals surface area contributed by atoms with Crippen molar-refractivity contribution < 1.29 is 13.9 Å². The van der Waals surface area contributed by atoms with Crippen LogP contribution in [0.25, 0.3) is 0 Å². The Balaban J connectivity index is 2.94. The van der Waals surface area contributed by atoms with Crippen LogP contribution in [-0.4, -0.2) is 11.7 Å². The molecule has 0 spiro atoms. The SMILES string of the molecule is CCCC(C)(CO)Cc1c(F)cccc1F. The van der Waals surface area contributed by atoms with Gasteiger partial charge in [-0.1, -0.05) is 26.3 Å². The van der Waals surface area contributed by atoms with Crippen molar-refractivity contribution in [3.05, 3.63) is 35.4 Å². The van der Waals surface area contributed by atoms with E-state index in [9.17, 15) is 13.9 Å². The summed E-state index contributed by atoms with van der Waals surface area (Å²) in [6, 6.07) is 3.86. The van der Waals surface area contributed by atoms with Crippen molar-refractivity contribution in [2.24, 2.45) is 5.41 Å². The summed E-state index contributed by atoms with van der Waals surface area (Å²) in [6.07, 6.45) is 1.86. The number of rotatable bonds is 5. The molecule has 3 heteroatoms. The van der Waals surface area contributed by atoms with E-state index in [1.54, 1.807) is 0 Å². The summed E-state index contributed by atoms with van der Waals surface area (Å²) in [4.78, 5) is 0. The second kappa shape index (κ2) is 5.39. The van der Waals surface area contributed by atoms with Gasteiger partial charge in [0.2, 0.25) is 0 Å². The molecule has 0 saturated carbocycles. The fraction of sp³-hybridized carbons (Fsp3) is 0.538. The summed E-state index contributed by atoms with van der Waals surface area (Å²) in [5, 5.41) is 9.31. The lowest BCUT2D eigenvalue weighted by molar-refractivity contribution is 0.129. The molecule has 1 N–H and O–H groups in total. The number of aliphatic hydroxyl groups is 1. The predicted molar refractivity (Wildman–Crippen MR) is 60.2 cm³/mol. The molecule has 1 atom stereocenters. The van der Waals surface area contributed by atoms with E-state index in [0.717, 1.165) is 12.8 Å². The summed E-state index contributed by atoms with van der Waals surface area (Å²) in [5.74, 6) is -1.06. The molecule has 0 aliphatic heterocycles. The summed E-state index contributed by atoms with van der Waals surface area (Å²) in [5.41, 5.74) is -0.370. The molecule has 0 aromatic heterocycles. The second-order valence-electron chi connectivity index (χ2n) is 4.60.